The van der Waals surface area contributed by atoms with Gasteiger partial charge in [-0.15, -0.1) is 11.8 Å². The summed E-state index contributed by atoms with van der Waals surface area (Å²) < 4.78 is 0. The molecule has 2 aliphatic rings. The van der Waals surface area contributed by atoms with Gasteiger partial charge in [0.05, 0.1) is 11.4 Å². The molecule has 4 rings (SSSR count). The molecule has 146 valence electrons. The van der Waals surface area contributed by atoms with Crippen molar-refractivity contribution >= 4 is 34.8 Å². The quantitative estimate of drug-likeness (QED) is 0.759. The van der Waals surface area contributed by atoms with Crippen molar-refractivity contribution in [2.45, 2.75) is 17.7 Å². The molecule has 1 fully saturated rings. The van der Waals surface area contributed by atoms with Crippen LogP contribution in [-0.4, -0.2) is 55.1 Å². The first-order chi connectivity index (χ1) is 13.7. The van der Waals surface area contributed by atoms with E-state index in [-0.39, 0.29) is 11.7 Å². The summed E-state index contributed by atoms with van der Waals surface area (Å²) in [4.78, 5) is 30.0. The summed E-state index contributed by atoms with van der Waals surface area (Å²) in [5.41, 5.74) is 2.74. The third-order valence-corrected chi connectivity index (χ3v) is 6.38. The Morgan fingerprint density at radius 2 is 1.82 bits per heavy atom. The Kier molecular flexibility index (Phi) is 5.98. The Bertz CT molecular complexity index is 848. The van der Waals surface area contributed by atoms with Crippen LogP contribution in [0.3, 0.4) is 0 Å². The van der Waals surface area contributed by atoms with Crippen LogP contribution in [-0.2, 0) is 4.79 Å². The highest BCUT2D eigenvalue weighted by Crippen LogP contribution is 2.32. The number of carbonyl (C=O) groups excluding carboxylic acids is 2. The second-order valence-corrected chi connectivity index (χ2v) is 8.26. The summed E-state index contributed by atoms with van der Waals surface area (Å²) in [7, 11) is 0. The molecule has 5 nitrogen and oxygen atoms in total. The number of thioether (sulfide) groups is 1. The summed E-state index contributed by atoms with van der Waals surface area (Å²) in [6.07, 6.45) is 1.40. The lowest BCUT2D eigenvalue weighted by Crippen LogP contribution is -2.46. The van der Waals surface area contributed by atoms with Crippen molar-refractivity contribution in [2.24, 2.45) is 0 Å². The third-order valence-electron chi connectivity index (χ3n) is 5.31. The first-order valence-corrected chi connectivity index (χ1v) is 10.8. The van der Waals surface area contributed by atoms with Gasteiger partial charge in [-0.05, 0) is 37.2 Å². The number of nitrogens with zero attached hydrogens (tertiary/aromatic N) is 2. The van der Waals surface area contributed by atoms with Crippen molar-refractivity contribution in [1.29, 1.82) is 0 Å². The number of para-hydroxylation sites is 1. The molecule has 0 atom stereocenters. The van der Waals surface area contributed by atoms with Crippen molar-refractivity contribution < 1.29 is 9.59 Å². The van der Waals surface area contributed by atoms with Gasteiger partial charge in [-0.3, -0.25) is 14.5 Å². The average Bonchev–Trinajstić information content (AvgIpc) is 2.74. The molecule has 2 aromatic rings. The number of piperazine rings is 1. The Labute approximate surface area is 170 Å². The van der Waals surface area contributed by atoms with Crippen molar-refractivity contribution in [3.63, 3.8) is 0 Å². The van der Waals surface area contributed by atoms with Crippen LogP contribution in [0.2, 0.25) is 0 Å². The normalized spacial score (nSPS) is 17.1. The van der Waals surface area contributed by atoms with E-state index in [4.69, 9.17) is 0 Å². The SMILES string of the molecule is O=C1CSc2ccc(C(=O)CCCN3CCN(c4ccccc4)CC3)cc2N1. The molecular weight excluding hydrogens is 370 g/mol. The number of amides is 1. The number of rotatable bonds is 6. The molecule has 0 aliphatic carbocycles. The van der Waals surface area contributed by atoms with Crippen LogP contribution in [0.15, 0.2) is 53.4 Å². The largest absolute Gasteiger partial charge is 0.369 e. The summed E-state index contributed by atoms with van der Waals surface area (Å²) in [5, 5.41) is 2.86. The highest BCUT2D eigenvalue weighted by Gasteiger charge is 2.19. The van der Waals surface area contributed by atoms with Gasteiger partial charge in [0, 0.05) is 48.7 Å². The van der Waals surface area contributed by atoms with E-state index in [1.807, 2.05) is 24.3 Å². The molecule has 1 N–H and O–H groups in total. The van der Waals surface area contributed by atoms with Gasteiger partial charge in [-0.25, -0.2) is 0 Å². The molecule has 1 amide bonds. The van der Waals surface area contributed by atoms with Gasteiger partial charge in [0.1, 0.15) is 0 Å². The summed E-state index contributed by atoms with van der Waals surface area (Å²) in [5.74, 6) is 0.588. The summed E-state index contributed by atoms with van der Waals surface area (Å²) in [6.45, 7) is 5.07. The van der Waals surface area contributed by atoms with Crippen LogP contribution >= 0.6 is 11.8 Å². The van der Waals surface area contributed by atoms with Crippen LogP contribution in [0.1, 0.15) is 23.2 Å². The number of carbonyl (C=O) groups is 2. The smallest absolute Gasteiger partial charge is 0.234 e. The van der Waals surface area contributed by atoms with E-state index in [1.54, 1.807) is 0 Å². The number of ketones is 1. The number of benzene rings is 2. The van der Waals surface area contributed by atoms with Crippen LogP contribution in [0, 0.1) is 0 Å². The Morgan fingerprint density at radius 3 is 2.61 bits per heavy atom. The van der Waals surface area contributed by atoms with Gasteiger partial charge in [0.15, 0.2) is 5.78 Å². The number of hydrogen-bond acceptors (Lipinski definition) is 5. The molecule has 0 saturated carbocycles. The van der Waals surface area contributed by atoms with Crippen molar-refractivity contribution in [3.05, 3.63) is 54.1 Å². The molecular formula is C22H25N3O2S. The zero-order valence-electron chi connectivity index (χ0n) is 15.9. The van der Waals surface area contributed by atoms with Gasteiger partial charge in [0.25, 0.3) is 0 Å². The number of anilines is 2. The number of Topliss-reactive ketones (excluding diaryl/α,β-unsaturated/α-hetero) is 1. The van der Waals surface area contributed by atoms with Crippen LogP contribution < -0.4 is 10.2 Å². The van der Waals surface area contributed by atoms with Crippen molar-refractivity contribution in [3.8, 4) is 0 Å². The molecule has 0 spiro atoms. The van der Waals surface area contributed by atoms with Gasteiger partial charge in [0.2, 0.25) is 5.91 Å². The first-order valence-electron chi connectivity index (χ1n) is 9.81. The van der Waals surface area contributed by atoms with E-state index >= 15 is 0 Å². The minimum absolute atomic E-state index is 0.00301. The minimum atomic E-state index is -0.00301. The van der Waals surface area contributed by atoms with E-state index < -0.39 is 0 Å². The lowest BCUT2D eigenvalue weighted by molar-refractivity contribution is -0.113. The fourth-order valence-electron chi connectivity index (χ4n) is 3.73. The molecule has 2 heterocycles. The second kappa shape index (κ2) is 8.80. The van der Waals surface area contributed by atoms with Gasteiger partial charge in [-0.1, -0.05) is 24.3 Å². The molecule has 2 aromatic carbocycles. The van der Waals surface area contributed by atoms with Crippen LogP contribution in [0.4, 0.5) is 11.4 Å². The second-order valence-electron chi connectivity index (χ2n) is 7.24. The molecule has 0 unspecified atom stereocenters. The fourth-order valence-corrected chi connectivity index (χ4v) is 4.52. The number of fused-ring (bicyclic) bond motifs is 1. The van der Waals surface area contributed by atoms with Crippen LogP contribution in [0.5, 0.6) is 0 Å². The van der Waals surface area contributed by atoms with Gasteiger partial charge < -0.3 is 10.2 Å². The van der Waals surface area contributed by atoms with E-state index in [0.717, 1.165) is 49.7 Å². The molecule has 2 aliphatic heterocycles. The first kappa shape index (κ1) is 19.0. The summed E-state index contributed by atoms with van der Waals surface area (Å²) in [6, 6.07) is 16.2. The molecule has 6 heteroatoms. The third kappa shape index (κ3) is 4.56. The van der Waals surface area contributed by atoms with Gasteiger partial charge in [-0.2, -0.15) is 0 Å². The minimum Gasteiger partial charge on any atom is -0.369 e. The zero-order valence-corrected chi connectivity index (χ0v) is 16.7. The molecule has 28 heavy (non-hydrogen) atoms. The van der Waals surface area contributed by atoms with E-state index in [0.29, 0.717) is 17.7 Å². The van der Waals surface area contributed by atoms with E-state index in [9.17, 15) is 9.59 Å². The fraction of sp³-hybridized carbons (Fsp3) is 0.364. The van der Waals surface area contributed by atoms with Crippen molar-refractivity contribution in [1.82, 2.24) is 4.90 Å². The lowest BCUT2D eigenvalue weighted by Gasteiger charge is -2.36. The Balaban J connectivity index is 1.23. The number of nitrogens with one attached hydrogen (secondary N) is 1. The maximum Gasteiger partial charge on any atom is 0.234 e. The molecule has 0 bridgehead atoms. The topological polar surface area (TPSA) is 52.7 Å². The van der Waals surface area contributed by atoms with Gasteiger partial charge >= 0.3 is 0 Å². The Hall–Kier alpha value is -2.31. The zero-order chi connectivity index (χ0) is 19.3. The standard InChI is InChI=1S/C22H25N3O2S/c26-20(17-8-9-21-19(15-17)23-22(27)16-28-21)7-4-10-24-11-13-25(14-12-24)18-5-2-1-3-6-18/h1-3,5-6,8-9,15H,4,7,10-14,16H2,(H,23,27). The maximum atomic E-state index is 12.5. The molecule has 0 radical (unpaired) electrons. The van der Waals surface area contributed by atoms with E-state index in [1.165, 1.54) is 17.4 Å². The molecule has 0 aromatic heterocycles. The highest BCUT2D eigenvalue weighted by molar-refractivity contribution is 8.00. The Morgan fingerprint density at radius 1 is 1.04 bits per heavy atom. The predicted molar refractivity (Wildman–Crippen MR) is 114 cm³/mol. The summed E-state index contributed by atoms with van der Waals surface area (Å²) >= 11 is 1.52. The number of hydrogen-bond donors (Lipinski definition) is 1. The highest BCUT2D eigenvalue weighted by atomic mass is 32.2. The lowest BCUT2D eigenvalue weighted by atomic mass is 10.1. The van der Waals surface area contributed by atoms with Crippen molar-refractivity contribution in [2.75, 3.05) is 48.7 Å². The monoisotopic (exact) mass is 395 g/mol. The molecule has 1 saturated heterocycles. The van der Waals surface area contributed by atoms with Crippen LogP contribution in [0.25, 0.3) is 0 Å². The average molecular weight is 396 g/mol. The maximum absolute atomic E-state index is 12.5. The predicted octanol–water partition coefficient (Wildman–Crippen LogP) is 3.52. The van der Waals surface area contributed by atoms with E-state index in [2.05, 4.69) is 39.4 Å².